The van der Waals surface area contributed by atoms with E-state index in [0.29, 0.717) is 0 Å². The van der Waals surface area contributed by atoms with E-state index in [-0.39, 0.29) is 18.9 Å². The molecule has 80 valence electrons. The second kappa shape index (κ2) is 5.04. The third kappa shape index (κ3) is 1.93. The molecule has 1 heteroatoms. The molecule has 0 nitrogen and oxygen atoms in total. The second-order valence-corrected chi connectivity index (χ2v) is 4.32. The van der Waals surface area contributed by atoms with Gasteiger partial charge in [-0.1, -0.05) is 56.2 Å². The van der Waals surface area contributed by atoms with E-state index in [0.717, 1.165) is 0 Å². The topological polar surface area (TPSA) is 0 Å². The van der Waals surface area contributed by atoms with Gasteiger partial charge in [0.2, 0.25) is 0 Å². The van der Waals surface area contributed by atoms with Crippen LogP contribution in [0.2, 0.25) is 0 Å². The summed E-state index contributed by atoms with van der Waals surface area (Å²) in [5.41, 5.74) is 1.52. The van der Waals surface area contributed by atoms with E-state index in [1.165, 1.54) is 39.9 Å². The summed E-state index contributed by atoms with van der Waals surface area (Å²) in [5.74, 6) is 0. The van der Waals surface area contributed by atoms with Crippen LogP contribution in [0, 0.1) is 0 Å². The summed E-state index contributed by atoms with van der Waals surface area (Å²) in [7, 11) is 0. The fourth-order valence-corrected chi connectivity index (χ4v) is 2.63. The normalized spacial score (nSPS) is 10.6. The van der Waals surface area contributed by atoms with Crippen LogP contribution >= 0.6 is 0 Å². The second-order valence-electron chi connectivity index (χ2n) is 4.32. The SMILES string of the molecule is CCC[c-]1c2ccccc2c2ccccc21.[Li+]. The Bertz CT molecular complexity index is 581. The molecule has 0 radical (unpaired) electrons. The van der Waals surface area contributed by atoms with Crippen molar-refractivity contribution >= 4 is 21.5 Å². The van der Waals surface area contributed by atoms with E-state index in [2.05, 4.69) is 55.5 Å². The van der Waals surface area contributed by atoms with Crippen LogP contribution in [-0.4, -0.2) is 0 Å². The van der Waals surface area contributed by atoms with E-state index in [4.69, 9.17) is 0 Å². The Morgan fingerprint density at radius 1 is 0.824 bits per heavy atom. The molecule has 0 saturated carbocycles. The maximum atomic E-state index is 2.25. The van der Waals surface area contributed by atoms with Gasteiger partial charge in [0.15, 0.2) is 0 Å². The van der Waals surface area contributed by atoms with Gasteiger partial charge in [0.1, 0.15) is 0 Å². The van der Waals surface area contributed by atoms with Gasteiger partial charge in [-0.05, 0) is 0 Å². The summed E-state index contributed by atoms with van der Waals surface area (Å²) in [4.78, 5) is 0. The molecule has 0 aliphatic heterocycles. The minimum absolute atomic E-state index is 0. The zero-order valence-electron chi connectivity index (χ0n) is 10.5. The number of benzene rings is 2. The number of hydrogen-bond donors (Lipinski definition) is 0. The molecule has 0 fully saturated rings. The molecule has 0 amide bonds. The predicted octanol–water partition coefficient (Wildman–Crippen LogP) is 1.67. The predicted molar refractivity (Wildman–Crippen MR) is 71.0 cm³/mol. The first-order valence-corrected chi connectivity index (χ1v) is 5.97. The van der Waals surface area contributed by atoms with Gasteiger partial charge in [-0.25, -0.2) is 0 Å². The molecule has 3 aromatic rings. The molecule has 0 heterocycles. The molecule has 3 aromatic carbocycles. The molecule has 0 aromatic heterocycles. The molecule has 17 heavy (non-hydrogen) atoms. The van der Waals surface area contributed by atoms with Gasteiger partial charge >= 0.3 is 18.9 Å². The van der Waals surface area contributed by atoms with Crippen LogP contribution in [0.1, 0.15) is 18.9 Å². The molecule has 3 rings (SSSR count). The maximum Gasteiger partial charge on any atom is 1.00 e. The number of hydrogen-bond acceptors (Lipinski definition) is 0. The van der Waals surface area contributed by atoms with Crippen LogP contribution in [0.25, 0.3) is 21.5 Å². The van der Waals surface area contributed by atoms with Gasteiger partial charge in [-0.2, -0.15) is 0 Å². The molecule has 0 saturated heterocycles. The average Bonchev–Trinajstić information content (AvgIpc) is 2.66. The van der Waals surface area contributed by atoms with Gasteiger partial charge in [0.25, 0.3) is 0 Å². The van der Waals surface area contributed by atoms with Crippen molar-refractivity contribution in [3.05, 3.63) is 54.1 Å². The Hall–Kier alpha value is -1.09. The summed E-state index contributed by atoms with van der Waals surface area (Å²) in [6, 6.07) is 17.5. The monoisotopic (exact) mass is 214 g/mol. The van der Waals surface area contributed by atoms with Gasteiger partial charge < -0.3 is 0 Å². The van der Waals surface area contributed by atoms with E-state index in [9.17, 15) is 0 Å². The van der Waals surface area contributed by atoms with Crippen molar-refractivity contribution in [1.82, 2.24) is 0 Å². The number of fused-ring (bicyclic) bond motifs is 3. The summed E-state index contributed by atoms with van der Waals surface area (Å²) in [5, 5.41) is 5.68. The molecule has 0 aliphatic rings. The fourth-order valence-electron chi connectivity index (χ4n) is 2.63. The van der Waals surface area contributed by atoms with E-state index in [1.807, 2.05) is 0 Å². The Morgan fingerprint density at radius 3 is 1.76 bits per heavy atom. The van der Waals surface area contributed by atoms with Crippen molar-refractivity contribution in [1.29, 1.82) is 0 Å². The summed E-state index contributed by atoms with van der Waals surface area (Å²) >= 11 is 0. The molecule has 0 unspecified atom stereocenters. The Balaban J connectivity index is 0.00000108. The van der Waals surface area contributed by atoms with Crippen molar-refractivity contribution in [2.75, 3.05) is 0 Å². The quantitative estimate of drug-likeness (QED) is 0.449. The van der Waals surface area contributed by atoms with Crippen LogP contribution < -0.4 is 18.9 Å². The van der Waals surface area contributed by atoms with Gasteiger partial charge in [0, 0.05) is 0 Å². The first-order valence-electron chi connectivity index (χ1n) is 5.97. The minimum atomic E-state index is 0. The number of rotatable bonds is 2. The van der Waals surface area contributed by atoms with Gasteiger partial charge in [0.05, 0.1) is 0 Å². The van der Waals surface area contributed by atoms with Crippen molar-refractivity contribution < 1.29 is 18.9 Å². The van der Waals surface area contributed by atoms with Crippen molar-refractivity contribution in [3.8, 4) is 0 Å². The van der Waals surface area contributed by atoms with Crippen LogP contribution in [0.3, 0.4) is 0 Å². The van der Waals surface area contributed by atoms with E-state index >= 15 is 0 Å². The maximum absolute atomic E-state index is 2.25. The molecule has 0 spiro atoms. The number of aryl methyl sites for hydroxylation is 1. The third-order valence-corrected chi connectivity index (χ3v) is 3.29. The zero-order valence-corrected chi connectivity index (χ0v) is 10.5. The summed E-state index contributed by atoms with van der Waals surface area (Å²) < 4.78 is 0. The molecular formula is C16H15Li. The Kier molecular flexibility index (Phi) is 3.67. The Morgan fingerprint density at radius 2 is 1.29 bits per heavy atom. The van der Waals surface area contributed by atoms with Crippen molar-refractivity contribution in [2.24, 2.45) is 0 Å². The smallest absolute Gasteiger partial charge is 0.120 e. The van der Waals surface area contributed by atoms with Crippen molar-refractivity contribution in [2.45, 2.75) is 19.8 Å². The van der Waals surface area contributed by atoms with Crippen LogP contribution in [-0.2, 0) is 6.42 Å². The zero-order chi connectivity index (χ0) is 11.0. The van der Waals surface area contributed by atoms with Crippen LogP contribution in [0.5, 0.6) is 0 Å². The minimum Gasteiger partial charge on any atom is -0.120 e. The van der Waals surface area contributed by atoms with E-state index < -0.39 is 0 Å². The first kappa shape index (κ1) is 12.4. The molecular weight excluding hydrogens is 199 g/mol. The Labute approximate surface area is 114 Å². The van der Waals surface area contributed by atoms with E-state index in [1.54, 1.807) is 0 Å². The van der Waals surface area contributed by atoms with Gasteiger partial charge in [-0.3, -0.25) is 0 Å². The molecule has 0 atom stereocenters. The fraction of sp³-hybridized carbons (Fsp3) is 0.188. The largest absolute Gasteiger partial charge is 1.00 e. The molecule has 0 aliphatic carbocycles. The summed E-state index contributed by atoms with van der Waals surface area (Å²) in [6.45, 7) is 2.25. The van der Waals surface area contributed by atoms with Crippen LogP contribution in [0.15, 0.2) is 48.5 Å². The first-order chi connectivity index (χ1) is 7.92. The third-order valence-electron chi connectivity index (χ3n) is 3.29. The summed E-state index contributed by atoms with van der Waals surface area (Å²) in [6.07, 6.45) is 2.38. The average molecular weight is 214 g/mol. The van der Waals surface area contributed by atoms with Gasteiger partial charge in [-0.15, -0.1) is 39.2 Å². The molecule has 0 bridgehead atoms. The standard InChI is InChI=1S/C16H15.Li/c1-2-7-12-13-8-3-5-10-15(13)16-11-6-4-9-14(12)16;/h3-6,8-11H,2,7H2,1H3;/q-1;+1. The van der Waals surface area contributed by atoms with Crippen LogP contribution in [0.4, 0.5) is 0 Å². The van der Waals surface area contributed by atoms with Crippen molar-refractivity contribution in [3.63, 3.8) is 0 Å². The molecule has 0 N–H and O–H groups in total.